The minimum Gasteiger partial charge on any atom is -0.482 e. The molecule has 0 aromatic heterocycles. The molecule has 0 radical (unpaired) electrons. The van der Waals surface area contributed by atoms with Gasteiger partial charge in [0.05, 0.1) is 5.69 Å². The van der Waals surface area contributed by atoms with Gasteiger partial charge in [0, 0.05) is 5.69 Å². The molecule has 146 valence electrons. The molecule has 6 heteroatoms. The predicted molar refractivity (Wildman–Crippen MR) is 110 cm³/mol. The Morgan fingerprint density at radius 1 is 1.00 bits per heavy atom. The minimum atomic E-state index is -0.348. The van der Waals surface area contributed by atoms with Crippen molar-refractivity contribution in [2.24, 2.45) is 0 Å². The third-order valence-electron chi connectivity index (χ3n) is 4.48. The van der Waals surface area contributed by atoms with Crippen LogP contribution in [0.5, 0.6) is 5.75 Å². The predicted octanol–water partition coefficient (Wildman–Crippen LogP) is 3.76. The summed E-state index contributed by atoms with van der Waals surface area (Å²) in [7, 11) is 0. The molecular weight excluding hydrogens is 368 g/mol. The summed E-state index contributed by atoms with van der Waals surface area (Å²) in [6.45, 7) is -0.124. The topological polar surface area (TPSA) is 76.7 Å². The number of amides is 2. The number of hydrogen-bond donors (Lipinski definition) is 2. The van der Waals surface area contributed by atoms with Crippen molar-refractivity contribution in [3.8, 4) is 5.75 Å². The monoisotopic (exact) mass is 388 g/mol. The quantitative estimate of drug-likeness (QED) is 0.674. The van der Waals surface area contributed by atoms with Gasteiger partial charge in [0.1, 0.15) is 18.5 Å². The van der Waals surface area contributed by atoms with Crippen LogP contribution in [-0.2, 0) is 14.3 Å². The van der Waals surface area contributed by atoms with Crippen LogP contribution in [0.15, 0.2) is 78.9 Å². The molecule has 0 fully saturated rings. The summed E-state index contributed by atoms with van der Waals surface area (Å²) in [5, 5.41) is 5.51. The van der Waals surface area contributed by atoms with Gasteiger partial charge in [-0.25, -0.2) is 0 Å². The number of rotatable bonds is 6. The van der Waals surface area contributed by atoms with Gasteiger partial charge in [0.2, 0.25) is 5.91 Å². The van der Waals surface area contributed by atoms with Gasteiger partial charge in [-0.1, -0.05) is 60.7 Å². The van der Waals surface area contributed by atoms with Crippen molar-refractivity contribution in [2.75, 3.05) is 23.8 Å². The highest BCUT2D eigenvalue weighted by atomic mass is 16.5. The van der Waals surface area contributed by atoms with Crippen LogP contribution in [0.1, 0.15) is 17.2 Å². The van der Waals surface area contributed by atoms with E-state index in [1.807, 2.05) is 60.7 Å². The fourth-order valence-electron chi connectivity index (χ4n) is 3.16. The van der Waals surface area contributed by atoms with E-state index in [0.29, 0.717) is 17.1 Å². The second-order valence-electron chi connectivity index (χ2n) is 6.61. The Balaban J connectivity index is 1.43. The molecule has 0 unspecified atom stereocenters. The number of nitrogens with one attached hydrogen (secondary N) is 2. The maximum atomic E-state index is 12.5. The highest BCUT2D eigenvalue weighted by molar-refractivity contribution is 5.97. The summed E-state index contributed by atoms with van der Waals surface area (Å²) in [6.07, 6.45) is -0.348. The summed E-state index contributed by atoms with van der Waals surface area (Å²) < 4.78 is 11.3. The number of benzene rings is 3. The first-order valence-electron chi connectivity index (χ1n) is 9.27. The lowest BCUT2D eigenvalue weighted by Crippen LogP contribution is -2.25. The van der Waals surface area contributed by atoms with Gasteiger partial charge in [-0.15, -0.1) is 0 Å². The van der Waals surface area contributed by atoms with E-state index < -0.39 is 0 Å². The van der Waals surface area contributed by atoms with E-state index in [2.05, 4.69) is 10.6 Å². The van der Waals surface area contributed by atoms with E-state index in [4.69, 9.17) is 9.47 Å². The molecule has 0 atom stereocenters. The van der Waals surface area contributed by atoms with Crippen LogP contribution in [0.4, 0.5) is 11.4 Å². The van der Waals surface area contributed by atoms with E-state index in [9.17, 15) is 9.59 Å². The number of hydrogen-bond acceptors (Lipinski definition) is 4. The van der Waals surface area contributed by atoms with Crippen molar-refractivity contribution in [1.82, 2.24) is 0 Å². The second kappa shape index (κ2) is 8.58. The average Bonchev–Trinajstić information content (AvgIpc) is 2.75. The van der Waals surface area contributed by atoms with E-state index in [0.717, 1.165) is 11.1 Å². The van der Waals surface area contributed by atoms with Gasteiger partial charge in [0.25, 0.3) is 5.91 Å². The first-order chi connectivity index (χ1) is 14.2. The van der Waals surface area contributed by atoms with Crippen LogP contribution >= 0.6 is 0 Å². The van der Waals surface area contributed by atoms with Gasteiger partial charge in [-0.05, 0) is 29.3 Å². The second-order valence-corrected chi connectivity index (χ2v) is 6.61. The molecule has 1 aliphatic rings. The van der Waals surface area contributed by atoms with Gasteiger partial charge in [-0.2, -0.15) is 0 Å². The van der Waals surface area contributed by atoms with Gasteiger partial charge < -0.3 is 20.1 Å². The highest BCUT2D eigenvalue weighted by Crippen LogP contribution is 2.30. The number of carbonyl (C=O) groups is 2. The van der Waals surface area contributed by atoms with Crippen LogP contribution in [0.2, 0.25) is 0 Å². The van der Waals surface area contributed by atoms with Crippen LogP contribution in [0.3, 0.4) is 0 Å². The zero-order valence-electron chi connectivity index (χ0n) is 15.6. The molecule has 1 aliphatic heterocycles. The molecule has 1 heterocycles. The zero-order valence-corrected chi connectivity index (χ0v) is 15.6. The molecule has 3 aromatic rings. The van der Waals surface area contributed by atoms with Crippen molar-refractivity contribution in [3.05, 3.63) is 90.0 Å². The van der Waals surface area contributed by atoms with Gasteiger partial charge in [-0.3, -0.25) is 9.59 Å². The molecule has 3 aromatic carbocycles. The summed E-state index contributed by atoms with van der Waals surface area (Å²) >= 11 is 0. The fraction of sp³-hybridized carbons (Fsp3) is 0.130. The number of anilines is 2. The van der Waals surface area contributed by atoms with Crippen LogP contribution in [-0.4, -0.2) is 25.0 Å². The summed E-state index contributed by atoms with van der Waals surface area (Å²) in [5.74, 6) is 0.0646. The maximum absolute atomic E-state index is 12.5. The van der Waals surface area contributed by atoms with E-state index in [1.54, 1.807) is 18.2 Å². The Bertz CT molecular complexity index is 966. The minimum absolute atomic E-state index is 0.00704. The van der Waals surface area contributed by atoms with E-state index in [1.165, 1.54) is 0 Å². The van der Waals surface area contributed by atoms with Crippen LogP contribution < -0.4 is 15.4 Å². The number of ether oxygens (including phenoxy) is 2. The Labute approximate surface area is 168 Å². The molecule has 0 saturated carbocycles. The average molecular weight is 388 g/mol. The van der Waals surface area contributed by atoms with Crippen molar-refractivity contribution < 1.29 is 19.1 Å². The summed E-state index contributed by atoms with van der Waals surface area (Å²) in [4.78, 5) is 23.9. The largest absolute Gasteiger partial charge is 0.482 e. The lowest BCUT2D eigenvalue weighted by atomic mass is 10.0. The molecule has 2 N–H and O–H groups in total. The molecule has 0 saturated heterocycles. The number of carbonyl (C=O) groups excluding carboxylic acids is 2. The first-order valence-corrected chi connectivity index (χ1v) is 9.27. The van der Waals surface area contributed by atoms with Crippen molar-refractivity contribution in [1.29, 1.82) is 0 Å². The first kappa shape index (κ1) is 18.7. The smallest absolute Gasteiger partial charge is 0.262 e. The van der Waals surface area contributed by atoms with E-state index >= 15 is 0 Å². The third kappa shape index (κ3) is 4.62. The molecule has 0 spiro atoms. The van der Waals surface area contributed by atoms with Crippen molar-refractivity contribution in [3.63, 3.8) is 0 Å². The van der Waals surface area contributed by atoms with Crippen LogP contribution in [0, 0.1) is 0 Å². The Morgan fingerprint density at radius 3 is 2.31 bits per heavy atom. The molecule has 6 nitrogen and oxygen atoms in total. The van der Waals surface area contributed by atoms with Crippen molar-refractivity contribution >= 4 is 23.2 Å². The van der Waals surface area contributed by atoms with Crippen LogP contribution in [0.25, 0.3) is 0 Å². The van der Waals surface area contributed by atoms with Crippen molar-refractivity contribution in [2.45, 2.75) is 6.10 Å². The lowest BCUT2D eigenvalue weighted by Gasteiger charge is -2.20. The SMILES string of the molecule is O=C(COC(c1ccccc1)c1ccccc1)Nc1ccc2c(c1)NC(=O)CO2. The Kier molecular flexibility index (Phi) is 5.54. The highest BCUT2D eigenvalue weighted by Gasteiger charge is 2.18. The van der Waals surface area contributed by atoms with E-state index in [-0.39, 0.29) is 31.1 Å². The fourth-order valence-corrected chi connectivity index (χ4v) is 3.16. The normalized spacial score (nSPS) is 12.7. The molecule has 0 aliphatic carbocycles. The Hall–Kier alpha value is -3.64. The van der Waals surface area contributed by atoms with Gasteiger partial charge in [0.15, 0.2) is 6.61 Å². The standard InChI is InChI=1S/C23H20N2O4/c26-21(24-18-11-12-20-19(13-18)25-22(27)14-28-20)15-29-23(16-7-3-1-4-8-16)17-9-5-2-6-10-17/h1-13,23H,14-15H2,(H,24,26)(H,25,27). The molecule has 4 rings (SSSR count). The summed E-state index contributed by atoms with van der Waals surface area (Å²) in [6, 6.07) is 24.6. The molecule has 2 amide bonds. The van der Waals surface area contributed by atoms with Gasteiger partial charge >= 0.3 is 0 Å². The third-order valence-corrected chi connectivity index (χ3v) is 4.48. The summed E-state index contributed by atoms with van der Waals surface area (Å²) in [5.41, 5.74) is 3.03. The molecular formula is C23H20N2O4. The number of fused-ring (bicyclic) bond motifs is 1. The zero-order chi connectivity index (χ0) is 20.1. The molecule has 0 bridgehead atoms. The Morgan fingerprint density at radius 2 is 1.66 bits per heavy atom. The molecule has 29 heavy (non-hydrogen) atoms. The lowest BCUT2D eigenvalue weighted by molar-refractivity contribution is -0.122. The maximum Gasteiger partial charge on any atom is 0.262 e.